The van der Waals surface area contributed by atoms with Crippen molar-refractivity contribution in [2.24, 2.45) is 0 Å². The Balaban J connectivity index is 2.49. The van der Waals surface area contributed by atoms with Crippen LogP contribution in [0.1, 0.15) is 15.2 Å². The SMILES string of the molecule is COc1ccc(OC)c(C(=O)c2sccc2Br)c1. The molecule has 0 atom stereocenters. The highest BCUT2D eigenvalue weighted by atomic mass is 79.9. The molecule has 0 saturated carbocycles. The molecule has 0 N–H and O–H groups in total. The molecule has 3 nitrogen and oxygen atoms in total. The van der Waals surface area contributed by atoms with E-state index in [2.05, 4.69) is 15.9 Å². The maximum Gasteiger partial charge on any atom is 0.207 e. The first-order valence-electron chi connectivity index (χ1n) is 5.17. The lowest BCUT2D eigenvalue weighted by molar-refractivity contribution is 0.103. The van der Waals surface area contributed by atoms with E-state index in [0.717, 1.165) is 4.47 Å². The van der Waals surface area contributed by atoms with Gasteiger partial charge in [-0.25, -0.2) is 0 Å². The van der Waals surface area contributed by atoms with E-state index in [-0.39, 0.29) is 5.78 Å². The van der Waals surface area contributed by atoms with Crippen LogP contribution in [0.5, 0.6) is 11.5 Å². The van der Waals surface area contributed by atoms with Gasteiger partial charge < -0.3 is 9.47 Å². The largest absolute Gasteiger partial charge is 0.497 e. The average Bonchev–Trinajstić information content (AvgIpc) is 2.83. The summed E-state index contributed by atoms with van der Waals surface area (Å²) in [4.78, 5) is 13.1. The van der Waals surface area contributed by atoms with E-state index in [1.807, 2.05) is 11.4 Å². The van der Waals surface area contributed by atoms with Gasteiger partial charge in [-0.15, -0.1) is 11.3 Å². The number of carbonyl (C=O) groups is 1. The molecular weight excluding hydrogens is 316 g/mol. The molecule has 0 aliphatic carbocycles. The summed E-state index contributed by atoms with van der Waals surface area (Å²) in [7, 11) is 3.11. The number of methoxy groups -OCH3 is 2. The standard InChI is InChI=1S/C13H11BrO3S/c1-16-8-3-4-11(17-2)9(7-8)12(15)13-10(14)5-6-18-13/h3-7H,1-2H3. The summed E-state index contributed by atoms with van der Waals surface area (Å²) in [6.45, 7) is 0. The summed E-state index contributed by atoms with van der Waals surface area (Å²) in [5.41, 5.74) is 0.500. The van der Waals surface area contributed by atoms with Gasteiger partial charge in [0.25, 0.3) is 0 Å². The van der Waals surface area contributed by atoms with Crippen molar-refractivity contribution in [2.75, 3.05) is 14.2 Å². The van der Waals surface area contributed by atoms with Crippen molar-refractivity contribution in [1.82, 2.24) is 0 Å². The molecule has 18 heavy (non-hydrogen) atoms. The van der Waals surface area contributed by atoms with E-state index < -0.39 is 0 Å². The van der Waals surface area contributed by atoms with Crippen LogP contribution in [0, 0.1) is 0 Å². The Labute approximate surface area is 117 Å². The third kappa shape index (κ3) is 2.42. The predicted octanol–water partition coefficient (Wildman–Crippen LogP) is 3.76. The lowest BCUT2D eigenvalue weighted by Gasteiger charge is -2.09. The summed E-state index contributed by atoms with van der Waals surface area (Å²) in [5.74, 6) is 1.10. The molecule has 0 aliphatic rings. The minimum atomic E-state index is -0.0763. The van der Waals surface area contributed by atoms with Crippen LogP contribution in [-0.2, 0) is 0 Å². The topological polar surface area (TPSA) is 35.5 Å². The number of benzene rings is 1. The van der Waals surface area contributed by atoms with Gasteiger partial charge >= 0.3 is 0 Å². The maximum absolute atomic E-state index is 12.4. The molecule has 5 heteroatoms. The van der Waals surface area contributed by atoms with Crippen LogP contribution in [0.2, 0.25) is 0 Å². The number of rotatable bonds is 4. The summed E-state index contributed by atoms with van der Waals surface area (Å²) >= 11 is 4.76. The fourth-order valence-corrected chi connectivity index (χ4v) is 3.07. The van der Waals surface area contributed by atoms with Crippen molar-refractivity contribution in [3.05, 3.63) is 44.6 Å². The molecule has 0 unspecified atom stereocenters. The van der Waals surface area contributed by atoms with Crippen LogP contribution in [0.15, 0.2) is 34.1 Å². The van der Waals surface area contributed by atoms with Gasteiger partial charge in [-0.3, -0.25) is 4.79 Å². The number of hydrogen-bond donors (Lipinski definition) is 0. The van der Waals surface area contributed by atoms with E-state index in [1.54, 1.807) is 32.4 Å². The van der Waals surface area contributed by atoms with Gasteiger partial charge in [0.1, 0.15) is 11.5 Å². The molecule has 0 radical (unpaired) electrons. The molecular formula is C13H11BrO3S. The highest BCUT2D eigenvalue weighted by molar-refractivity contribution is 9.10. The molecule has 1 heterocycles. The lowest BCUT2D eigenvalue weighted by Crippen LogP contribution is -2.03. The Morgan fingerprint density at radius 3 is 2.56 bits per heavy atom. The van der Waals surface area contributed by atoms with Crippen molar-refractivity contribution < 1.29 is 14.3 Å². The minimum Gasteiger partial charge on any atom is -0.497 e. The molecule has 0 spiro atoms. The number of thiophene rings is 1. The molecule has 1 aromatic carbocycles. The predicted molar refractivity (Wildman–Crippen MR) is 75.0 cm³/mol. The second-order valence-electron chi connectivity index (χ2n) is 3.49. The van der Waals surface area contributed by atoms with E-state index in [0.29, 0.717) is 21.9 Å². The number of ketones is 1. The van der Waals surface area contributed by atoms with E-state index in [4.69, 9.17) is 9.47 Å². The molecule has 94 valence electrons. The Kier molecular flexibility index (Phi) is 4.04. The van der Waals surface area contributed by atoms with Gasteiger partial charge in [-0.05, 0) is 45.6 Å². The Hall–Kier alpha value is -1.33. The number of hydrogen-bond acceptors (Lipinski definition) is 4. The monoisotopic (exact) mass is 326 g/mol. The summed E-state index contributed by atoms with van der Waals surface area (Å²) in [6.07, 6.45) is 0. The molecule has 0 amide bonds. The van der Waals surface area contributed by atoms with Gasteiger partial charge in [0.05, 0.1) is 24.7 Å². The zero-order valence-corrected chi connectivity index (χ0v) is 12.3. The van der Waals surface area contributed by atoms with Crippen molar-refractivity contribution in [3.8, 4) is 11.5 Å². The average molecular weight is 327 g/mol. The molecule has 2 rings (SSSR count). The van der Waals surface area contributed by atoms with Gasteiger partial charge in [0.15, 0.2) is 0 Å². The van der Waals surface area contributed by atoms with E-state index in [1.165, 1.54) is 11.3 Å². The van der Waals surface area contributed by atoms with Crippen molar-refractivity contribution in [3.63, 3.8) is 0 Å². The van der Waals surface area contributed by atoms with Gasteiger partial charge in [-0.2, -0.15) is 0 Å². The smallest absolute Gasteiger partial charge is 0.207 e. The molecule has 0 fully saturated rings. The quantitative estimate of drug-likeness (QED) is 0.802. The second-order valence-corrected chi connectivity index (χ2v) is 5.26. The Morgan fingerprint density at radius 2 is 2.00 bits per heavy atom. The van der Waals surface area contributed by atoms with E-state index in [9.17, 15) is 4.79 Å². The van der Waals surface area contributed by atoms with Gasteiger partial charge in [-0.1, -0.05) is 0 Å². The van der Waals surface area contributed by atoms with Crippen LogP contribution in [0.25, 0.3) is 0 Å². The highest BCUT2D eigenvalue weighted by Gasteiger charge is 2.19. The first-order valence-corrected chi connectivity index (χ1v) is 6.84. The van der Waals surface area contributed by atoms with Crippen molar-refractivity contribution in [1.29, 1.82) is 0 Å². The van der Waals surface area contributed by atoms with Crippen LogP contribution in [0.4, 0.5) is 0 Å². The Morgan fingerprint density at radius 1 is 1.22 bits per heavy atom. The zero-order valence-electron chi connectivity index (χ0n) is 9.90. The van der Waals surface area contributed by atoms with E-state index >= 15 is 0 Å². The normalized spacial score (nSPS) is 10.2. The van der Waals surface area contributed by atoms with Crippen LogP contribution in [0.3, 0.4) is 0 Å². The fourth-order valence-electron chi connectivity index (χ4n) is 1.57. The fraction of sp³-hybridized carbons (Fsp3) is 0.154. The first kappa shape index (κ1) is 13.1. The second kappa shape index (κ2) is 5.54. The van der Waals surface area contributed by atoms with Crippen LogP contribution < -0.4 is 9.47 Å². The summed E-state index contributed by atoms with van der Waals surface area (Å²) < 4.78 is 11.1. The number of halogens is 1. The van der Waals surface area contributed by atoms with Gasteiger partial charge in [0.2, 0.25) is 5.78 Å². The summed E-state index contributed by atoms with van der Waals surface area (Å²) in [5, 5.41) is 1.87. The van der Waals surface area contributed by atoms with Crippen molar-refractivity contribution >= 4 is 33.0 Å². The lowest BCUT2D eigenvalue weighted by atomic mass is 10.1. The molecule has 0 bridgehead atoms. The van der Waals surface area contributed by atoms with Gasteiger partial charge in [0, 0.05) is 4.47 Å². The molecule has 0 saturated heterocycles. The van der Waals surface area contributed by atoms with Crippen LogP contribution in [-0.4, -0.2) is 20.0 Å². The third-order valence-corrected chi connectivity index (χ3v) is 4.31. The molecule has 0 aliphatic heterocycles. The zero-order chi connectivity index (χ0) is 13.1. The van der Waals surface area contributed by atoms with Crippen molar-refractivity contribution in [2.45, 2.75) is 0 Å². The third-order valence-electron chi connectivity index (χ3n) is 2.47. The first-order chi connectivity index (χ1) is 8.67. The molecule has 1 aromatic heterocycles. The van der Waals surface area contributed by atoms with Crippen LogP contribution >= 0.6 is 27.3 Å². The number of ether oxygens (including phenoxy) is 2. The minimum absolute atomic E-state index is 0.0763. The summed E-state index contributed by atoms with van der Waals surface area (Å²) in [6, 6.07) is 7.03. The molecule has 2 aromatic rings. The Bertz CT molecular complexity index is 577. The highest BCUT2D eigenvalue weighted by Crippen LogP contribution is 2.31. The number of carbonyl (C=O) groups excluding carboxylic acids is 1. The maximum atomic E-state index is 12.4.